The molecule has 0 aliphatic rings. The van der Waals surface area contributed by atoms with E-state index < -0.39 is 42.8 Å². The third-order valence-electron chi connectivity index (χ3n) is 2.07. The van der Waals surface area contributed by atoms with Gasteiger partial charge in [0.2, 0.25) is 0 Å². The fraction of sp³-hybridized carbons (Fsp3) is 0.778. The van der Waals surface area contributed by atoms with Crippen LogP contribution < -0.4 is 0 Å². The van der Waals surface area contributed by atoms with Crippen molar-refractivity contribution in [2.45, 2.75) is 38.0 Å². The summed E-state index contributed by atoms with van der Waals surface area (Å²) in [4.78, 5) is 21.6. The van der Waals surface area contributed by atoms with Crippen molar-refractivity contribution in [3.63, 3.8) is 0 Å². The molecule has 0 aromatic heterocycles. The van der Waals surface area contributed by atoms with E-state index >= 15 is 0 Å². The van der Waals surface area contributed by atoms with Crippen molar-refractivity contribution in [2.75, 3.05) is 7.11 Å². The molecule has 0 aromatic rings. The highest BCUT2D eigenvalue weighted by molar-refractivity contribution is 5.95. The maximum absolute atomic E-state index is 12.2. The molecule has 0 saturated heterocycles. The summed E-state index contributed by atoms with van der Waals surface area (Å²) >= 11 is 0. The van der Waals surface area contributed by atoms with E-state index in [0.717, 1.165) is 7.11 Å². The van der Waals surface area contributed by atoms with Crippen LogP contribution in [0.2, 0.25) is 0 Å². The lowest BCUT2D eigenvalue weighted by molar-refractivity contribution is -0.254. The summed E-state index contributed by atoms with van der Waals surface area (Å²) < 4.78 is 40.7. The Morgan fingerprint density at radius 3 is 2.19 bits per heavy atom. The van der Waals surface area contributed by atoms with Crippen molar-refractivity contribution < 1.29 is 32.6 Å². The Balaban J connectivity index is 4.16. The average Bonchev–Trinajstić information content (AvgIpc) is 2.13. The molecule has 0 amide bonds. The first-order valence-electron chi connectivity index (χ1n) is 4.48. The van der Waals surface area contributed by atoms with Gasteiger partial charge in [0.05, 0.1) is 7.11 Å². The largest absolute Gasteiger partial charge is 0.469 e. The van der Waals surface area contributed by atoms with Crippen LogP contribution in [0.1, 0.15) is 26.2 Å². The highest BCUT2D eigenvalue weighted by Gasteiger charge is 2.49. The van der Waals surface area contributed by atoms with Gasteiger partial charge in [-0.25, -0.2) is 0 Å². The predicted molar refractivity (Wildman–Crippen MR) is 47.6 cm³/mol. The molecule has 0 aliphatic carbocycles. The molecule has 1 atom stereocenters. The number of hydrogen-bond acceptors (Lipinski definition) is 4. The lowest BCUT2D eigenvalue weighted by Crippen LogP contribution is -2.42. The number of carbonyl (C=O) groups excluding carboxylic acids is 2. The smallest absolute Gasteiger partial charge is 0.416 e. The highest BCUT2D eigenvalue weighted by Crippen LogP contribution is 2.33. The lowest BCUT2D eigenvalue weighted by atomic mass is 9.97. The van der Waals surface area contributed by atoms with Gasteiger partial charge in [-0.05, 0) is 13.3 Å². The molecule has 0 rings (SSSR count). The van der Waals surface area contributed by atoms with Gasteiger partial charge in [0, 0.05) is 6.42 Å². The third kappa shape index (κ3) is 4.61. The van der Waals surface area contributed by atoms with Crippen LogP contribution in [0.25, 0.3) is 0 Å². The zero-order valence-electron chi connectivity index (χ0n) is 8.93. The van der Waals surface area contributed by atoms with E-state index in [1.54, 1.807) is 0 Å². The number of hydrogen-bond donors (Lipinski definition) is 1. The molecular formula is C9H13F3O4. The first-order chi connectivity index (χ1) is 7.10. The van der Waals surface area contributed by atoms with Crippen molar-refractivity contribution in [2.24, 2.45) is 0 Å². The van der Waals surface area contributed by atoms with E-state index in [-0.39, 0.29) is 0 Å². The minimum absolute atomic E-state index is 0.526. The number of methoxy groups -OCH3 is 1. The molecular weight excluding hydrogens is 229 g/mol. The number of esters is 1. The van der Waals surface area contributed by atoms with E-state index in [1.165, 1.54) is 0 Å². The van der Waals surface area contributed by atoms with E-state index in [1.807, 2.05) is 0 Å². The lowest BCUT2D eigenvalue weighted by Gasteiger charge is -2.25. The third-order valence-corrected chi connectivity index (χ3v) is 2.07. The van der Waals surface area contributed by atoms with Crippen molar-refractivity contribution in [3.05, 3.63) is 0 Å². The van der Waals surface area contributed by atoms with Gasteiger partial charge in [-0.15, -0.1) is 0 Å². The number of ketones is 1. The Morgan fingerprint density at radius 1 is 1.31 bits per heavy atom. The number of ether oxygens (including phenoxy) is 1. The molecule has 7 heteroatoms. The summed E-state index contributed by atoms with van der Waals surface area (Å²) in [6.07, 6.45) is -6.67. The van der Waals surface area contributed by atoms with Crippen molar-refractivity contribution >= 4 is 11.8 Å². The van der Waals surface area contributed by atoms with Crippen molar-refractivity contribution in [1.29, 1.82) is 0 Å². The van der Waals surface area contributed by atoms with Gasteiger partial charge in [-0.3, -0.25) is 9.59 Å². The number of halogens is 3. The summed E-state index contributed by atoms with van der Waals surface area (Å²) in [7, 11) is 1.07. The van der Waals surface area contributed by atoms with Gasteiger partial charge in [-0.2, -0.15) is 13.2 Å². The van der Waals surface area contributed by atoms with Gasteiger partial charge in [0.25, 0.3) is 0 Å². The highest BCUT2D eigenvalue weighted by atomic mass is 19.4. The summed E-state index contributed by atoms with van der Waals surface area (Å²) in [5.41, 5.74) is -2.92. The minimum Gasteiger partial charge on any atom is -0.469 e. The van der Waals surface area contributed by atoms with Gasteiger partial charge in [0.15, 0.2) is 5.60 Å². The van der Waals surface area contributed by atoms with E-state index in [9.17, 15) is 22.8 Å². The fourth-order valence-electron chi connectivity index (χ4n) is 0.846. The molecule has 16 heavy (non-hydrogen) atoms. The number of aliphatic hydroxyl groups is 1. The average molecular weight is 242 g/mol. The second-order valence-electron chi connectivity index (χ2n) is 3.56. The van der Waals surface area contributed by atoms with Crippen LogP contribution in [0.15, 0.2) is 0 Å². The molecule has 0 heterocycles. The number of carbonyl (C=O) groups is 2. The fourth-order valence-corrected chi connectivity index (χ4v) is 0.846. The maximum atomic E-state index is 12.2. The molecule has 0 radical (unpaired) electrons. The quantitative estimate of drug-likeness (QED) is 0.581. The molecule has 0 aromatic carbocycles. The monoisotopic (exact) mass is 242 g/mol. The molecule has 4 nitrogen and oxygen atoms in total. The van der Waals surface area contributed by atoms with Crippen LogP contribution in [-0.2, 0) is 14.3 Å². The summed E-state index contributed by atoms with van der Waals surface area (Å²) in [6, 6.07) is 0. The Bertz CT molecular complexity index is 270. The Hall–Kier alpha value is -1.11. The standard InChI is InChI=1S/C9H13F3O4/c1-8(15,9(10,11)12)4-3-6(13)5-7(14)16-2/h15H,3-5H2,1-2H3/t8-/m1/s1. The second kappa shape index (κ2) is 5.29. The zero-order chi connectivity index (χ0) is 13.0. The first-order valence-corrected chi connectivity index (χ1v) is 4.48. The molecule has 0 saturated carbocycles. The SMILES string of the molecule is COC(=O)CC(=O)CC[C@@](C)(O)C(F)(F)F. The van der Waals surface area contributed by atoms with E-state index in [4.69, 9.17) is 5.11 Å². The Labute approximate surface area is 90.4 Å². The van der Waals surface area contributed by atoms with Gasteiger partial charge >= 0.3 is 12.1 Å². The van der Waals surface area contributed by atoms with Crippen molar-refractivity contribution in [3.8, 4) is 0 Å². The van der Waals surface area contributed by atoms with Crippen LogP contribution >= 0.6 is 0 Å². The summed E-state index contributed by atoms with van der Waals surface area (Å²) in [6.45, 7) is 0.582. The topological polar surface area (TPSA) is 63.6 Å². The van der Waals surface area contributed by atoms with Gasteiger partial charge in [0.1, 0.15) is 12.2 Å². The van der Waals surface area contributed by atoms with Crippen LogP contribution in [0.5, 0.6) is 0 Å². The van der Waals surface area contributed by atoms with Crippen LogP contribution in [0.3, 0.4) is 0 Å². The molecule has 0 unspecified atom stereocenters. The van der Waals surface area contributed by atoms with Crippen LogP contribution in [-0.4, -0.2) is 35.7 Å². The molecule has 0 bridgehead atoms. The zero-order valence-corrected chi connectivity index (χ0v) is 8.93. The van der Waals surface area contributed by atoms with Gasteiger partial charge in [-0.1, -0.05) is 0 Å². The summed E-state index contributed by atoms with van der Waals surface area (Å²) in [5, 5.41) is 9.00. The van der Waals surface area contributed by atoms with Gasteiger partial charge < -0.3 is 9.84 Å². The number of alkyl halides is 3. The Kier molecular flexibility index (Phi) is 4.92. The molecule has 1 N–H and O–H groups in total. The first kappa shape index (κ1) is 14.9. The van der Waals surface area contributed by atoms with Crippen LogP contribution in [0, 0.1) is 0 Å². The van der Waals surface area contributed by atoms with Crippen LogP contribution in [0.4, 0.5) is 13.2 Å². The maximum Gasteiger partial charge on any atom is 0.416 e. The molecule has 0 aliphatic heterocycles. The van der Waals surface area contributed by atoms with E-state index in [0.29, 0.717) is 6.92 Å². The minimum atomic E-state index is -4.79. The number of Topliss-reactive ketones (excluding diaryl/α,β-unsaturated/α-hetero) is 1. The molecule has 0 spiro atoms. The summed E-state index contributed by atoms with van der Waals surface area (Å²) in [5.74, 6) is -1.51. The molecule has 0 fully saturated rings. The second-order valence-corrected chi connectivity index (χ2v) is 3.56. The van der Waals surface area contributed by atoms with Crippen molar-refractivity contribution in [1.82, 2.24) is 0 Å². The normalized spacial score (nSPS) is 15.4. The molecule has 94 valence electrons. The number of rotatable bonds is 5. The predicted octanol–water partition coefficient (Wildman–Crippen LogP) is 1.21. The van der Waals surface area contributed by atoms with E-state index in [2.05, 4.69) is 4.74 Å². The Morgan fingerprint density at radius 2 is 1.81 bits per heavy atom.